The number of carbonyl (C=O) groups excluding carboxylic acids is 1. The number of hydrogen-bond donors (Lipinski definition) is 0. The van der Waals surface area contributed by atoms with Crippen LogP contribution in [0.3, 0.4) is 0 Å². The topological polar surface area (TPSA) is 88.4 Å². The molecule has 0 unspecified atom stereocenters. The minimum absolute atomic E-state index is 0.202. The van der Waals surface area contributed by atoms with E-state index in [-0.39, 0.29) is 12.2 Å². The van der Waals surface area contributed by atoms with E-state index in [0.29, 0.717) is 56.6 Å². The molecule has 228 valence electrons. The molecule has 3 aromatic carbocycles. The van der Waals surface area contributed by atoms with Crippen LogP contribution in [0.15, 0.2) is 86.2 Å². The molecule has 8 nitrogen and oxygen atoms in total. The van der Waals surface area contributed by atoms with E-state index in [4.69, 9.17) is 18.9 Å². The summed E-state index contributed by atoms with van der Waals surface area (Å²) in [6, 6.07) is 18.4. The number of allylic oxidation sites excluding steroid dienone is 1. The third-order valence-electron chi connectivity index (χ3n) is 6.88. The molecule has 5 rings (SSSR count). The minimum atomic E-state index is -0.721. The number of rotatable bonds is 10. The van der Waals surface area contributed by atoms with Crippen molar-refractivity contribution in [3.63, 3.8) is 0 Å². The fraction of sp³-hybridized carbons (Fsp3) is 0.242. The predicted molar refractivity (Wildman–Crippen MR) is 182 cm³/mol. The fourth-order valence-electron chi connectivity index (χ4n) is 4.90. The van der Waals surface area contributed by atoms with E-state index in [0.717, 1.165) is 19.2 Å². The van der Waals surface area contributed by atoms with Crippen LogP contribution in [-0.4, -0.2) is 30.9 Å². The van der Waals surface area contributed by atoms with Crippen molar-refractivity contribution >= 4 is 61.9 Å². The van der Waals surface area contributed by atoms with E-state index in [1.54, 1.807) is 31.6 Å². The second-order valence-corrected chi connectivity index (χ2v) is 12.9. The number of carbonyl (C=O) groups is 1. The van der Waals surface area contributed by atoms with Crippen molar-refractivity contribution in [2.24, 2.45) is 4.99 Å². The summed E-state index contributed by atoms with van der Waals surface area (Å²) in [5, 5.41) is 0. The summed E-state index contributed by atoms with van der Waals surface area (Å²) in [6.07, 6.45) is 1.80. The first kappa shape index (κ1) is 32.0. The number of ether oxygens (including phenoxy) is 4. The summed E-state index contributed by atoms with van der Waals surface area (Å²) in [5.74, 6) is 1.27. The maximum atomic E-state index is 14.2. The van der Waals surface area contributed by atoms with Gasteiger partial charge >= 0.3 is 5.97 Å². The van der Waals surface area contributed by atoms with Crippen LogP contribution in [0.5, 0.6) is 17.2 Å². The summed E-state index contributed by atoms with van der Waals surface area (Å²) in [4.78, 5) is 32.6. The summed E-state index contributed by atoms with van der Waals surface area (Å²) >= 11 is 6.93. The van der Waals surface area contributed by atoms with Crippen molar-refractivity contribution in [3.05, 3.63) is 116 Å². The zero-order valence-corrected chi connectivity index (χ0v) is 29.1. The maximum Gasteiger partial charge on any atom is 0.338 e. The molecule has 44 heavy (non-hydrogen) atoms. The second-order valence-electron chi connectivity index (χ2n) is 9.75. The van der Waals surface area contributed by atoms with E-state index in [2.05, 4.69) is 43.5 Å². The van der Waals surface area contributed by atoms with Crippen molar-refractivity contribution in [2.75, 3.05) is 20.3 Å². The molecule has 0 aliphatic carbocycles. The molecule has 11 heteroatoms. The normalized spacial score (nSPS) is 14.6. The van der Waals surface area contributed by atoms with Crippen molar-refractivity contribution in [3.8, 4) is 17.2 Å². The van der Waals surface area contributed by atoms with Gasteiger partial charge in [-0.05, 0) is 97.0 Å². The molecule has 2 heterocycles. The highest BCUT2D eigenvalue weighted by atomic mass is 127. The highest BCUT2D eigenvalue weighted by Gasteiger charge is 2.33. The largest absolute Gasteiger partial charge is 0.494 e. The lowest BCUT2D eigenvalue weighted by Gasteiger charge is -2.24. The lowest BCUT2D eigenvalue weighted by atomic mass is 9.96. The van der Waals surface area contributed by atoms with Crippen LogP contribution in [-0.2, 0) is 16.1 Å². The van der Waals surface area contributed by atoms with Crippen LogP contribution in [0.2, 0.25) is 0 Å². The fourth-order valence-corrected chi connectivity index (χ4v) is 6.82. The van der Waals surface area contributed by atoms with Crippen LogP contribution >= 0.6 is 49.9 Å². The highest BCUT2D eigenvalue weighted by molar-refractivity contribution is 14.1. The Bertz CT molecular complexity index is 1900. The molecule has 1 aromatic heterocycles. The van der Waals surface area contributed by atoms with Crippen molar-refractivity contribution in [1.29, 1.82) is 0 Å². The Kier molecular flexibility index (Phi) is 10.3. The lowest BCUT2D eigenvalue weighted by Crippen LogP contribution is -2.39. The number of aromatic nitrogens is 1. The lowest BCUT2D eigenvalue weighted by molar-refractivity contribution is -0.139. The molecule has 1 aliphatic rings. The molecule has 0 spiro atoms. The Morgan fingerprint density at radius 2 is 1.80 bits per heavy atom. The van der Waals surface area contributed by atoms with Gasteiger partial charge in [-0.1, -0.05) is 51.5 Å². The number of thiazole rings is 1. The zero-order chi connectivity index (χ0) is 31.4. The van der Waals surface area contributed by atoms with Crippen LogP contribution in [0.25, 0.3) is 6.08 Å². The first-order valence-corrected chi connectivity index (χ1v) is 16.6. The molecule has 0 fully saturated rings. The van der Waals surface area contributed by atoms with Crippen LogP contribution < -0.4 is 29.1 Å². The molecule has 4 aromatic rings. The smallest absolute Gasteiger partial charge is 0.338 e. The number of nitrogens with zero attached hydrogens (tertiary/aromatic N) is 2. The Hall–Kier alpha value is -3.42. The highest BCUT2D eigenvalue weighted by Crippen LogP contribution is 2.35. The van der Waals surface area contributed by atoms with Gasteiger partial charge in [0.2, 0.25) is 0 Å². The van der Waals surface area contributed by atoms with Crippen LogP contribution in [0, 0.1) is 3.57 Å². The SMILES string of the molecule is CCOC(=O)C1=C(C)N=c2s/c(=C\c3cc(I)cc(OC)c3OCc3ccc(Br)cc3)c(=O)n2[C@H]1c1ccc(OCC)cc1. The molecular weight excluding hydrogens is 759 g/mol. The molecule has 1 aliphatic heterocycles. The maximum absolute atomic E-state index is 14.2. The number of hydrogen-bond acceptors (Lipinski definition) is 8. The summed E-state index contributed by atoms with van der Waals surface area (Å²) < 4.78 is 26.9. The standard InChI is InChI=1S/C33H30BrIN2O6S/c1-5-41-25-13-9-21(10-14-25)29-28(32(39)42-6-2)19(3)36-33-37(29)31(38)27(44-33)16-22-15-24(35)17-26(40-4)30(22)43-18-20-7-11-23(34)12-8-20/h7-17,29H,5-6,18H2,1-4H3/b27-16-/t29-/m0/s1. The third-order valence-corrected chi connectivity index (χ3v) is 9.01. The number of benzene rings is 3. The molecule has 0 saturated heterocycles. The van der Waals surface area contributed by atoms with Gasteiger partial charge in [-0.3, -0.25) is 9.36 Å². The number of methoxy groups -OCH3 is 1. The van der Waals surface area contributed by atoms with Crippen LogP contribution in [0.4, 0.5) is 0 Å². The van der Waals surface area contributed by atoms with Gasteiger partial charge in [0.25, 0.3) is 5.56 Å². The summed E-state index contributed by atoms with van der Waals surface area (Å²) in [6.45, 7) is 6.47. The van der Waals surface area contributed by atoms with E-state index >= 15 is 0 Å². The quantitative estimate of drug-likeness (QED) is 0.142. The van der Waals surface area contributed by atoms with Gasteiger partial charge in [-0.25, -0.2) is 9.79 Å². The molecule has 0 bridgehead atoms. The second kappa shape index (κ2) is 14.1. The molecule has 0 amide bonds. The van der Waals surface area contributed by atoms with E-state index in [1.807, 2.05) is 67.6 Å². The first-order chi connectivity index (χ1) is 21.2. The Labute approximate surface area is 280 Å². The van der Waals surface area contributed by atoms with Gasteiger partial charge in [-0.2, -0.15) is 0 Å². The van der Waals surface area contributed by atoms with Gasteiger partial charge in [0, 0.05) is 13.6 Å². The molecular formula is C33H30BrIN2O6S. The summed E-state index contributed by atoms with van der Waals surface area (Å²) in [7, 11) is 1.59. The average molecular weight is 789 g/mol. The molecule has 1 atom stereocenters. The molecule has 0 radical (unpaired) electrons. The van der Waals surface area contributed by atoms with Gasteiger partial charge in [0.1, 0.15) is 12.4 Å². The van der Waals surface area contributed by atoms with E-state index in [9.17, 15) is 9.59 Å². The Balaban J connectivity index is 1.64. The molecule has 0 saturated carbocycles. The first-order valence-electron chi connectivity index (χ1n) is 13.9. The Morgan fingerprint density at radius 1 is 1.07 bits per heavy atom. The number of fused-ring (bicyclic) bond motifs is 1. The summed E-state index contributed by atoms with van der Waals surface area (Å²) in [5.41, 5.74) is 2.96. The van der Waals surface area contributed by atoms with Crippen molar-refractivity contribution < 1.29 is 23.7 Å². The van der Waals surface area contributed by atoms with E-state index < -0.39 is 12.0 Å². The monoisotopic (exact) mass is 788 g/mol. The minimum Gasteiger partial charge on any atom is -0.494 e. The average Bonchev–Trinajstić information content (AvgIpc) is 3.31. The Morgan fingerprint density at radius 3 is 2.45 bits per heavy atom. The van der Waals surface area contributed by atoms with Gasteiger partial charge in [0.05, 0.1) is 42.2 Å². The van der Waals surface area contributed by atoms with E-state index in [1.165, 1.54) is 11.3 Å². The third kappa shape index (κ3) is 6.79. The van der Waals surface area contributed by atoms with Crippen molar-refractivity contribution in [2.45, 2.75) is 33.4 Å². The zero-order valence-electron chi connectivity index (χ0n) is 24.6. The number of esters is 1. The van der Waals surface area contributed by atoms with Crippen molar-refractivity contribution in [1.82, 2.24) is 4.57 Å². The van der Waals surface area contributed by atoms with Gasteiger partial charge in [-0.15, -0.1) is 0 Å². The molecule has 0 N–H and O–H groups in total. The number of halogens is 2. The van der Waals surface area contributed by atoms with Crippen LogP contribution in [0.1, 0.15) is 43.5 Å². The van der Waals surface area contributed by atoms with Gasteiger partial charge in [0.15, 0.2) is 16.3 Å². The van der Waals surface area contributed by atoms with Gasteiger partial charge < -0.3 is 18.9 Å². The predicted octanol–water partition coefficient (Wildman–Crippen LogP) is 6.15.